The summed E-state index contributed by atoms with van der Waals surface area (Å²) in [5.74, 6) is 1.58. The lowest BCUT2D eigenvalue weighted by Gasteiger charge is -2.19. The zero-order chi connectivity index (χ0) is 46.7. The fourth-order valence-electron chi connectivity index (χ4n) is 6.23. The molecule has 2 N–H and O–H groups in total. The lowest BCUT2D eigenvalue weighted by molar-refractivity contribution is -0.385. The van der Waals surface area contributed by atoms with E-state index in [1.165, 1.54) is 57.0 Å². The van der Waals surface area contributed by atoms with E-state index >= 15 is 0 Å². The highest BCUT2D eigenvalue weighted by molar-refractivity contribution is 6.39. The van der Waals surface area contributed by atoms with E-state index in [0.717, 1.165) is 11.3 Å². The summed E-state index contributed by atoms with van der Waals surface area (Å²) in [5.41, 5.74) is 10.2. The smallest absolute Gasteiger partial charge is 0.272 e. The number of rotatable bonds is 15. The number of likely N-dealkylation sites (N-methyl/N-ethyl adjacent to an activating group) is 2. The first-order valence-corrected chi connectivity index (χ1v) is 20.5. The third-order valence-electron chi connectivity index (χ3n) is 9.83. The number of amides is 2. The molecular formula is C44H42Cl4N8O8. The Morgan fingerprint density at radius 1 is 0.609 bits per heavy atom. The van der Waals surface area contributed by atoms with E-state index in [1.54, 1.807) is 56.6 Å². The molecule has 0 atom stereocenters. The van der Waals surface area contributed by atoms with Gasteiger partial charge in [0.25, 0.3) is 5.69 Å². The summed E-state index contributed by atoms with van der Waals surface area (Å²) in [6.07, 6.45) is 3.26. The van der Waals surface area contributed by atoms with Crippen LogP contribution in [0.2, 0.25) is 20.1 Å². The molecule has 0 aliphatic heterocycles. The van der Waals surface area contributed by atoms with Gasteiger partial charge >= 0.3 is 0 Å². The van der Waals surface area contributed by atoms with Crippen molar-refractivity contribution in [1.29, 1.82) is 0 Å². The normalized spacial score (nSPS) is 10.6. The van der Waals surface area contributed by atoms with Gasteiger partial charge < -0.3 is 24.7 Å². The van der Waals surface area contributed by atoms with Crippen LogP contribution in [-0.4, -0.2) is 79.2 Å². The second kappa shape index (κ2) is 22.2. The van der Waals surface area contributed by atoms with E-state index in [-0.39, 0.29) is 56.9 Å². The topological polar surface area (TPSA) is 198 Å². The van der Waals surface area contributed by atoms with Crippen molar-refractivity contribution in [3.63, 3.8) is 0 Å². The second-order valence-electron chi connectivity index (χ2n) is 13.7. The number of nitro groups is 1. The monoisotopic (exact) mass is 950 g/mol. The van der Waals surface area contributed by atoms with E-state index < -0.39 is 4.92 Å². The maximum absolute atomic E-state index is 13.0. The zero-order valence-corrected chi connectivity index (χ0v) is 38.4. The molecule has 6 rings (SSSR count). The van der Waals surface area contributed by atoms with Crippen molar-refractivity contribution >= 4 is 81.2 Å². The Morgan fingerprint density at radius 3 is 1.38 bits per heavy atom. The van der Waals surface area contributed by atoms with Crippen LogP contribution >= 0.6 is 46.4 Å². The second-order valence-corrected chi connectivity index (χ2v) is 15.2. The van der Waals surface area contributed by atoms with Crippen molar-refractivity contribution < 1.29 is 33.5 Å². The Hall–Kier alpha value is -6.46. The summed E-state index contributed by atoms with van der Waals surface area (Å²) in [6, 6.07) is 20.5. The lowest BCUT2D eigenvalue weighted by atomic mass is 10.1. The molecule has 0 saturated carbocycles. The number of carbonyl (C=O) groups excluding carboxylic acids is 2. The molecule has 0 radical (unpaired) electrons. The molecule has 4 aromatic carbocycles. The zero-order valence-electron chi connectivity index (χ0n) is 35.4. The van der Waals surface area contributed by atoms with Gasteiger partial charge in [0.2, 0.25) is 11.8 Å². The molecule has 0 bridgehead atoms. The van der Waals surface area contributed by atoms with Gasteiger partial charge in [-0.05, 0) is 11.6 Å². The van der Waals surface area contributed by atoms with Gasteiger partial charge in [-0.25, -0.2) is 19.9 Å². The number of nitro benzene ring substituents is 1. The average molecular weight is 953 g/mol. The molecule has 64 heavy (non-hydrogen) atoms. The van der Waals surface area contributed by atoms with Crippen molar-refractivity contribution in [2.45, 2.75) is 25.7 Å². The fourth-order valence-corrected chi connectivity index (χ4v) is 7.50. The summed E-state index contributed by atoms with van der Waals surface area (Å²) in [4.78, 5) is 56.5. The van der Waals surface area contributed by atoms with E-state index in [9.17, 15) is 19.7 Å². The summed E-state index contributed by atoms with van der Waals surface area (Å²) < 4.78 is 21.0. The van der Waals surface area contributed by atoms with Crippen LogP contribution in [0.5, 0.6) is 23.0 Å². The Balaban J connectivity index is 0.000000241. The highest BCUT2D eigenvalue weighted by atomic mass is 35.5. The first kappa shape index (κ1) is 48.6. The van der Waals surface area contributed by atoms with Crippen molar-refractivity contribution in [2.75, 3.05) is 58.1 Å². The number of benzene rings is 4. The van der Waals surface area contributed by atoms with Crippen LogP contribution in [0.4, 0.5) is 23.0 Å². The third-order valence-corrected chi connectivity index (χ3v) is 11.5. The van der Waals surface area contributed by atoms with E-state index in [2.05, 4.69) is 19.9 Å². The Morgan fingerprint density at radius 2 is 0.984 bits per heavy atom. The van der Waals surface area contributed by atoms with Gasteiger partial charge in [-0.2, -0.15) is 0 Å². The van der Waals surface area contributed by atoms with E-state index in [4.69, 9.17) is 71.1 Å². The van der Waals surface area contributed by atoms with Crippen LogP contribution in [0.1, 0.15) is 33.6 Å². The van der Waals surface area contributed by atoms with Crippen LogP contribution in [0.3, 0.4) is 0 Å². The van der Waals surface area contributed by atoms with Gasteiger partial charge in [0.05, 0.1) is 77.7 Å². The van der Waals surface area contributed by atoms with Crippen LogP contribution in [0, 0.1) is 10.1 Å². The molecule has 2 heterocycles. The predicted molar refractivity (Wildman–Crippen MR) is 247 cm³/mol. The molecule has 0 spiro atoms. The summed E-state index contributed by atoms with van der Waals surface area (Å²) in [7, 11) is 9.04. The number of anilines is 3. The first-order valence-electron chi connectivity index (χ1n) is 19.0. The Labute approximate surface area is 388 Å². The number of hydrogen-bond acceptors (Lipinski definition) is 13. The molecule has 2 aromatic heterocycles. The molecule has 6 aromatic rings. The number of nitrogen functional groups attached to an aromatic ring is 1. The van der Waals surface area contributed by atoms with Crippen LogP contribution in [-0.2, 0) is 35.3 Å². The molecule has 2 amide bonds. The number of methoxy groups -OCH3 is 4. The molecule has 0 unspecified atom stereocenters. The molecule has 16 nitrogen and oxygen atoms in total. The minimum atomic E-state index is -0.441. The summed E-state index contributed by atoms with van der Waals surface area (Å²) >= 11 is 25.5. The van der Waals surface area contributed by atoms with Crippen molar-refractivity contribution in [3.05, 3.63) is 149 Å². The number of nitrogens with zero attached hydrogens (tertiary/aromatic N) is 7. The molecule has 20 heteroatoms. The molecule has 0 fully saturated rings. The van der Waals surface area contributed by atoms with Crippen LogP contribution < -0.4 is 34.5 Å². The minimum absolute atomic E-state index is 0.00153. The summed E-state index contributed by atoms with van der Waals surface area (Å²) in [5, 5.41) is 12.2. The third kappa shape index (κ3) is 11.6. The van der Waals surface area contributed by atoms with Crippen LogP contribution in [0.15, 0.2) is 85.5 Å². The van der Waals surface area contributed by atoms with Crippen molar-refractivity contribution in [3.8, 4) is 23.0 Å². The standard InChI is InChI=1S/C22H20Cl2N4O5.C22H22Cl2N4O3/c1-27(20(29)10-15-21(23)17(32-2)11-18(33-3)22(15)24)19-9-14(25-12-26-19)8-13-6-4-5-7-16(13)28(30)31;1-28(19-9-14(26-12-27-19)8-13-6-4-5-7-16(13)25)20(29)10-15-21(23)17(30-2)11-18(31-3)22(15)24/h4-7,9,11-12H,8,10H2,1-3H3;4-7,9,11-12H,8,10,25H2,1-3H3. The number of carbonyl (C=O) groups is 2. The van der Waals surface area contributed by atoms with Crippen molar-refractivity contribution in [1.82, 2.24) is 19.9 Å². The van der Waals surface area contributed by atoms with E-state index in [1.807, 2.05) is 24.3 Å². The SMILES string of the molecule is COc1cc(OC)c(Cl)c(CC(=O)N(C)c2cc(Cc3ccccc3N)ncn2)c1Cl.COc1cc(OC)c(Cl)c(CC(=O)N(C)c2cc(Cc3ccccc3[N+](=O)[O-])ncn2)c1Cl. The molecule has 0 saturated heterocycles. The highest BCUT2D eigenvalue weighted by Gasteiger charge is 2.24. The maximum Gasteiger partial charge on any atom is 0.272 e. The summed E-state index contributed by atoms with van der Waals surface area (Å²) in [6.45, 7) is 0. The molecule has 334 valence electrons. The molecule has 0 aliphatic rings. The Kier molecular flexibility index (Phi) is 16.9. The molecular weight excluding hydrogens is 910 g/mol. The number of nitrogens with two attached hydrogens (primary N) is 1. The van der Waals surface area contributed by atoms with Gasteiger partial charge in [-0.3, -0.25) is 29.5 Å². The van der Waals surface area contributed by atoms with Gasteiger partial charge in [0.1, 0.15) is 47.3 Å². The highest BCUT2D eigenvalue weighted by Crippen LogP contribution is 2.42. The maximum atomic E-state index is 13.0. The van der Waals surface area contributed by atoms with Gasteiger partial charge in [0, 0.05) is 79.6 Å². The van der Waals surface area contributed by atoms with E-state index in [0.29, 0.717) is 69.1 Å². The van der Waals surface area contributed by atoms with Gasteiger partial charge in [-0.15, -0.1) is 0 Å². The molecule has 0 aliphatic carbocycles. The van der Waals surface area contributed by atoms with Crippen molar-refractivity contribution in [2.24, 2.45) is 0 Å². The van der Waals surface area contributed by atoms with Gasteiger partial charge in [0.15, 0.2) is 0 Å². The average Bonchev–Trinajstić information content (AvgIpc) is 3.30. The number of ether oxygens (including phenoxy) is 4. The number of aromatic nitrogens is 4. The fraction of sp³-hybridized carbons (Fsp3) is 0.227. The predicted octanol–water partition coefficient (Wildman–Crippen LogP) is 8.68. The number of hydrogen-bond donors (Lipinski definition) is 1. The Bertz CT molecular complexity index is 2620. The number of halogens is 4. The van der Waals surface area contributed by atoms with Crippen LogP contribution in [0.25, 0.3) is 0 Å². The first-order chi connectivity index (χ1) is 30.6. The lowest BCUT2D eigenvalue weighted by Crippen LogP contribution is -2.29. The largest absolute Gasteiger partial charge is 0.495 e. The minimum Gasteiger partial charge on any atom is -0.495 e. The quantitative estimate of drug-likeness (QED) is 0.0583. The van der Waals surface area contributed by atoms with Gasteiger partial charge in [-0.1, -0.05) is 82.8 Å². The number of para-hydroxylation sites is 2.